The van der Waals surface area contributed by atoms with Gasteiger partial charge in [0.1, 0.15) is 6.04 Å². The molecule has 180 valence electrons. The minimum atomic E-state index is -1.04. The summed E-state index contributed by atoms with van der Waals surface area (Å²) in [6, 6.07) is 12.5. The van der Waals surface area contributed by atoms with Gasteiger partial charge in [-0.1, -0.05) is 29.5 Å². The van der Waals surface area contributed by atoms with Gasteiger partial charge in [0.15, 0.2) is 0 Å². The molecule has 1 aliphatic heterocycles. The number of carboxylic acids is 1. The fourth-order valence-corrected chi connectivity index (χ4v) is 4.46. The standard InChI is InChI=1S/C26H31N3O3S2/c1-17-3-5-18(6-4-17)7-8-19-15-20(28-16-23-24(33)11-13-27-23)9-10-21(19)25(30)29-22(26(31)32)12-14-34-2/h3-6,9-10,15,22-24,27-28,33H,11-14,16H2,1-2H3,(H,29,30)(H,31,32)/t22-,23+,24+/m0/s1. The Bertz CT molecular complexity index is 1060. The van der Waals surface area contributed by atoms with Crippen LogP contribution in [-0.4, -0.2) is 59.4 Å². The number of thioether (sulfide) groups is 1. The van der Waals surface area contributed by atoms with E-state index in [1.165, 1.54) is 0 Å². The van der Waals surface area contributed by atoms with Gasteiger partial charge in [-0.3, -0.25) is 4.79 Å². The molecule has 0 saturated carbocycles. The highest BCUT2D eigenvalue weighted by Crippen LogP contribution is 2.19. The van der Waals surface area contributed by atoms with E-state index in [0.717, 1.165) is 29.8 Å². The average Bonchev–Trinajstić information content (AvgIpc) is 3.24. The van der Waals surface area contributed by atoms with Crippen molar-refractivity contribution in [1.29, 1.82) is 0 Å². The number of rotatable bonds is 9. The van der Waals surface area contributed by atoms with Crippen LogP contribution in [0.25, 0.3) is 0 Å². The molecule has 2 aromatic rings. The Balaban J connectivity index is 1.85. The van der Waals surface area contributed by atoms with Crippen LogP contribution in [0.4, 0.5) is 5.69 Å². The lowest BCUT2D eigenvalue weighted by molar-refractivity contribution is -0.139. The van der Waals surface area contributed by atoms with Crippen molar-refractivity contribution >= 4 is 42.0 Å². The molecule has 1 saturated heterocycles. The number of aliphatic carboxylic acids is 1. The Kier molecular flexibility index (Phi) is 9.75. The first-order valence-corrected chi connectivity index (χ1v) is 13.2. The van der Waals surface area contributed by atoms with Gasteiger partial charge in [0.25, 0.3) is 5.91 Å². The van der Waals surface area contributed by atoms with Gasteiger partial charge in [0.05, 0.1) is 5.56 Å². The van der Waals surface area contributed by atoms with Crippen molar-refractivity contribution in [3.05, 3.63) is 64.7 Å². The monoisotopic (exact) mass is 497 g/mol. The molecule has 1 heterocycles. The molecular formula is C26H31N3O3S2. The number of benzene rings is 2. The molecule has 3 atom stereocenters. The maximum Gasteiger partial charge on any atom is 0.326 e. The minimum Gasteiger partial charge on any atom is -0.480 e. The van der Waals surface area contributed by atoms with Crippen LogP contribution in [0.5, 0.6) is 0 Å². The van der Waals surface area contributed by atoms with Crippen molar-refractivity contribution in [1.82, 2.24) is 10.6 Å². The van der Waals surface area contributed by atoms with Crippen molar-refractivity contribution in [2.45, 2.75) is 37.1 Å². The summed E-state index contributed by atoms with van der Waals surface area (Å²) >= 11 is 6.17. The lowest BCUT2D eigenvalue weighted by Crippen LogP contribution is -2.41. The highest BCUT2D eigenvalue weighted by Gasteiger charge is 2.24. The second-order valence-electron chi connectivity index (χ2n) is 8.32. The van der Waals surface area contributed by atoms with Crippen LogP contribution >= 0.6 is 24.4 Å². The third kappa shape index (κ3) is 7.45. The molecule has 0 aromatic heterocycles. The molecule has 4 N–H and O–H groups in total. The van der Waals surface area contributed by atoms with Crippen LogP contribution in [0, 0.1) is 18.8 Å². The summed E-state index contributed by atoms with van der Waals surface area (Å²) in [5, 5.41) is 19.3. The van der Waals surface area contributed by atoms with E-state index in [0.29, 0.717) is 35.1 Å². The van der Waals surface area contributed by atoms with E-state index >= 15 is 0 Å². The van der Waals surface area contributed by atoms with E-state index in [1.807, 2.05) is 49.6 Å². The van der Waals surface area contributed by atoms with Crippen LogP contribution in [0.2, 0.25) is 0 Å². The number of carbonyl (C=O) groups is 2. The van der Waals surface area contributed by atoms with Crippen molar-refractivity contribution in [3.63, 3.8) is 0 Å². The quantitative estimate of drug-likeness (QED) is 0.270. The van der Waals surface area contributed by atoms with E-state index in [-0.39, 0.29) is 6.04 Å². The first-order valence-electron chi connectivity index (χ1n) is 11.3. The molecule has 0 radical (unpaired) electrons. The van der Waals surface area contributed by atoms with E-state index in [1.54, 1.807) is 17.8 Å². The van der Waals surface area contributed by atoms with E-state index < -0.39 is 17.9 Å². The maximum absolute atomic E-state index is 13.0. The molecule has 34 heavy (non-hydrogen) atoms. The van der Waals surface area contributed by atoms with Crippen molar-refractivity contribution < 1.29 is 14.7 Å². The SMILES string of the molecule is CSCC[C@H](NC(=O)c1ccc(NC[C@H]2NCC[C@H]2S)cc1C#Cc1ccc(C)cc1)C(=O)O. The van der Waals surface area contributed by atoms with Gasteiger partial charge in [-0.15, -0.1) is 0 Å². The van der Waals surface area contributed by atoms with Crippen LogP contribution in [-0.2, 0) is 4.79 Å². The lowest BCUT2D eigenvalue weighted by atomic mass is 10.0. The summed E-state index contributed by atoms with van der Waals surface area (Å²) in [5.41, 5.74) is 3.72. The number of amides is 1. The predicted octanol–water partition coefficient (Wildman–Crippen LogP) is 3.40. The molecule has 3 rings (SSSR count). The van der Waals surface area contributed by atoms with Gasteiger partial charge >= 0.3 is 5.97 Å². The second kappa shape index (κ2) is 12.7. The zero-order chi connectivity index (χ0) is 24.5. The zero-order valence-electron chi connectivity index (χ0n) is 19.4. The smallest absolute Gasteiger partial charge is 0.326 e. The summed E-state index contributed by atoms with van der Waals surface area (Å²) in [6.07, 6.45) is 3.29. The Morgan fingerprint density at radius 3 is 2.65 bits per heavy atom. The topological polar surface area (TPSA) is 90.5 Å². The Morgan fingerprint density at radius 1 is 1.24 bits per heavy atom. The highest BCUT2D eigenvalue weighted by atomic mass is 32.2. The predicted molar refractivity (Wildman–Crippen MR) is 143 cm³/mol. The van der Waals surface area contributed by atoms with E-state index in [4.69, 9.17) is 0 Å². The molecule has 0 unspecified atom stereocenters. The molecule has 0 aliphatic carbocycles. The molecular weight excluding hydrogens is 466 g/mol. The van der Waals surface area contributed by atoms with Crippen molar-refractivity contribution in [2.24, 2.45) is 0 Å². The number of anilines is 1. The third-order valence-corrected chi connectivity index (χ3v) is 6.97. The number of aryl methyl sites for hydroxylation is 1. The fourth-order valence-electron chi connectivity index (χ4n) is 3.65. The molecule has 0 bridgehead atoms. The van der Waals surface area contributed by atoms with E-state index in [9.17, 15) is 14.7 Å². The zero-order valence-corrected chi connectivity index (χ0v) is 21.1. The first kappa shape index (κ1) is 26.0. The van der Waals surface area contributed by atoms with Gasteiger partial charge in [-0.05, 0) is 68.7 Å². The molecule has 1 fully saturated rings. The summed E-state index contributed by atoms with van der Waals surface area (Å²) in [4.78, 5) is 24.6. The van der Waals surface area contributed by atoms with Crippen LogP contribution in [0.1, 0.15) is 39.9 Å². The Morgan fingerprint density at radius 2 is 2.00 bits per heavy atom. The molecule has 8 heteroatoms. The average molecular weight is 498 g/mol. The minimum absolute atomic E-state index is 0.265. The second-order valence-corrected chi connectivity index (χ2v) is 9.97. The summed E-state index contributed by atoms with van der Waals surface area (Å²) in [6.45, 7) is 3.67. The van der Waals surface area contributed by atoms with Crippen molar-refractivity contribution in [2.75, 3.05) is 30.4 Å². The van der Waals surface area contributed by atoms with E-state index in [2.05, 4.69) is 40.4 Å². The molecule has 1 amide bonds. The number of thiol groups is 1. The van der Waals surface area contributed by atoms with Gasteiger partial charge in [-0.25, -0.2) is 4.79 Å². The summed E-state index contributed by atoms with van der Waals surface area (Å²) in [5.74, 6) is 5.40. The van der Waals surface area contributed by atoms with Gasteiger partial charge in [0, 0.05) is 34.7 Å². The number of hydrogen-bond acceptors (Lipinski definition) is 6. The molecule has 2 aromatic carbocycles. The van der Waals surface area contributed by atoms with Crippen LogP contribution in [0.3, 0.4) is 0 Å². The van der Waals surface area contributed by atoms with Gasteiger partial charge in [0.2, 0.25) is 0 Å². The van der Waals surface area contributed by atoms with Crippen LogP contribution in [0.15, 0.2) is 42.5 Å². The number of carboxylic acid groups (broad SMARTS) is 1. The first-order chi connectivity index (χ1) is 16.4. The number of hydrogen-bond donors (Lipinski definition) is 5. The Labute approximate surface area is 211 Å². The summed E-state index contributed by atoms with van der Waals surface area (Å²) in [7, 11) is 0. The normalized spacial score (nSPS) is 18.0. The fraction of sp³-hybridized carbons (Fsp3) is 0.385. The molecule has 0 spiro atoms. The van der Waals surface area contributed by atoms with Crippen LogP contribution < -0.4 is 16.0 Å². The molecule has 1 aliphatic rings. The largest absolute Gasteiger partial charge is 0.480 e. The maximum atomic E-state index is 13.0. The lowest BCUT2D eigenvalue weighted by Gasteiger charge is -2.18. The van der Waals surface area contributed by atoms with Crippen molar-refractivity contribution in [3.8, 4) is 11.8 Å². The summed E-state index contributed by atoms with van der Waals surface area (Å²) < 4.78 is 0. The van der Waals surface area contributed by atoms with Gasteiger partial charge in [-0.2, -0.15) is 24.4 Å². The molecule has 6 nitrogen and oxygen atoms in total. The number of carbonyl (C=O) groups excluding carboxylic acids is 1. The van der Waals surface area contributed by atoms with Gasteiger partial charge < -0.3 is 21.1 Å². The number of nitrogens with one attached hydrogen (secondary N) is 3. The third-order valence-electron chi connectivity index (χ3n) is 5.71. The Hall–Kier alpha value is -2.60. The highest BCUT2D eigenvalue weighted by molar-refractivity contribution is 7.98.